The van der Waals surface area contributed by atoms with E-state index in [1.807, 2.05) is 6.92 Å². The zero-order valence-electron chi connectivity index (χ0n) is 10.5. The first-order chi connectivity index (χ1) is 9.22. The predicted molar refractivity (Wildman–Crippen MR) is 67.3 cm³/mol. The molecular weight excluding hydrogens is 268 g/mol. The van der Waals surface area contributed by atoms with Crippen molar-refractivity contribution in [3.05, 3.63) is 21.9 Å². The van der Waals surface area contributed by atoms with Gasteiger partial charge in [0, 0.05) is 17.2 Å². The predicted octanol–water partition coefficient (Wildman–Crippen LogP) is 1.65. The molecule has 0 N–H and O–H groups in total. The van der Waals surface area contributed by atoms with Crippen LogP contribution in [0.3, 0.4) is 0 Å². The second-order valence-corrected chi connectivity index (χ2v) is 5.16. The van der Waals surface area contributed by atoms with Crippen LogP contribution in [-0.2, 0) is 9.68 Å². The highest BCUT2D eigenvalue weighted by Crippen LogP contribution is 2.30. The van der Waals surface area contributed by atoms with Crippen molar-refractivity contribution in [2.75, 3.05) is 13.2 Å². The number of amides is 2. The van der Waals surface area contributed by atoms with Gasteiger partial charge >= 0.3 is 0 Å². The maximum Gasteiger partial charge on any atom is 0.264 e. The van der Waals surface area contributed by atoms with E-state index in [1.165, 1.54) is 21.5 Å². The molecule has 1 unspecified atom stereocenters. The lowest BCUT2D eigenvalue weighted by Gasteiger charge is -2.34. The SMILES string of the molecule is CCCN1OCCC(N2C(=O)c3cscc3C2=O)O1. The Hall–Kier alpha value is -1.28. The van der Waals surface area contributed by atoms with Crippen molar-refractivity contribution in [1.82, 2.24) is 10.1 Å². The third-order valence-corrected chi connectivity index (χ3v) is 3.84. The van der Waals surface area contributed by atoms with Crippen molar-refractivity contribution >= 4 is 23.2 Å². The zero-order valence-corrected chi connectivity index (χ0v) is 11.3. The maximum atomic E-state index is 12.2. The molecule has 1 aromatic rings. The number of carbonyl (C=O) groups is 2. The first kappa shape index (κ1) is 12.7. The molecule has 0 radical (unpaired) electrons. The monoisotopic (exact) mass is 282 g/mol. The van der Waals surface area contributed by atoms with E-state index in [0.717, 1.165) is 6.42 Å². The minimum atomic E-state index is -0.572. The lowest BCUT2D eigenvalue weighted by Crippen LogP contribution is -2.49. The molecule has 1 aromatic heterocycles. The van der Waals surface area contributed by atoms with Crippen LogP contribution >= 0.6 is 11.3 Å². The molecule has 1 fully saturated rings. The maximum absolute atomic E-state index is 12.2. The van der Waals surface area contributed by atoms with Gasteiger partial charge in [0.05, 0.1) is 24.3 Å². The average Bonchev–Trinajstić information content (AvgIpc) is 2.96. The molecule has 3 rings (SSSR count). The molecule has 0 aliphatic carbocycles. The molecule has 19 heavy (non-hydrogen) atoms. The molecular formula is C12H14N2O4S. The second-order valence-electron chi connectivity index (χ2n) is 4.42. The van der Waals surface area contributed by atoms with Gasteiger partial charge in [-0.15, -0.1) is 0 Å². The minimum absolute atomic E-state index is 0.274. The van der Waals surface area contributed by atoms with Crippen LogP contribution in [0.1, 0.15) is 40.5 Å². The molecule has 6 nitrogen and oxygen atoms in total. The number of fused-ring (bicyclic) bond motifs is 1. The summed E-state index contributed by atoms with van der Waals surface area (Å²) in [5, 5.41) is 4.78. The normalized spacial score (nSPS) is 24.1. The van der Waals surface area contributed by atoms with E-state index in [9.17, 15) is 9.59 Å². The number of thiophene rings is 1. The molecule has 2 aliphatic rings. The van der Waals surface area contributed by atoms with E-state index < -0.39 is 6.23 Å². The van der Waals surface area contributed by atoms with Crippen LogP contribution in [0.2, 0.25) is 0 Å². The van der Waals surface area contributed by atoms with Crippen LogP contribution in [0, 0.1) is 0 Å². The number of hydrogen-bond donors (Lipinski definition) is 0. The fraction of sp³-hybridized carbons (Fsp3) is 0.500. The topological polar surface area (TPSA) is 59.1 Å². The fourth-order valence-corrected chi connectivity index (χ4v) is 2.99. The minimum Gasteiger partial charge on any atom is -0.274 e. The molecule has 0 saturated carbocycles. The van der Waals surface area contributed by atoms with Gasteiger partial charge in [-0.1, -0.05) is 12.2 Å². The lowest BCUT2D eigenvalue weighted by atomic mass is 10.2. The molecule has 2 amide bonds. The Morgan fingerprint density at radius 1 is 1.32 bits per heavy atom. The molecule has 0 spiro atoms. The van der Waals surface area contributed by atoms with Crippen molar-refractivity contribution < 1.29 is 19.3 Å². The largest absolute Gasteiger partial charge is 0.274 e. The van der Waals surface area contributed by atoms with E-state index in [0.29, 0.717) is 30.7 Å². The summed E-state index contributed by atoms with van der Waals surface area (Å²) in [5.41, 5.74) is 0.958. The summed E-state index contributed by atoms with van der Waals surface area (Å²) < 4.78 is 0. The second kappa shape index (κ2) is 5.01. The fourth-order valence-electron chi connectivity index (χ4n) is 2.19. The number of hydrogen-bond acceptors (Lipinski definition) is 6. The summed E-state index contributed by atoms with van der Waals surface area (Å²) in [7, 11) is 0. The smallest absolute Gasteiger partial charge is 0.264 e. The molecule has 1 atom stereocenters. The zero-order chi connectivity index (χ0) is 13.4. The molecule has 0 bridgehead atoms. The van der Waals surface area contributed by atoms with E-state index in [2.05, 4.69) is 0 Å². The molecule has 102 valence electrons. The molecule has 0 aromatic carbocycles. The van der Waals surface area contributed by atoms with Crippen LogP contribution in [-0.4, -0.2) is 41.3 Å². The highest BCUT2D eigenvalue weighted by atomic mass is 32.1. The number of carbonyl (C=O) groups excluding carboxylic acids is 2. The van der Waals surface area contributed by atoms with Gasteiger partial charge in [0.2, 0.25) is 0 Å². The van der Waals surface area contributed by atoms with Crippen molar-refractivity contribution in [2.24, 2.45) is 0 Å². The Labute approximate surface area is 114 Å². The van der Waals surface area contributed by atoms with Gasteiger partial charge in [-0.2, -0.15) is 11.3 Å². The van der Waals surface area contributed by atoms with E-state index >= 15 is 0 Å². The van der Waals surface area contributed by atoms with Crippen LogP contribution in [0.5, 0.6) is 0 Å². The van der Waals surface area contributed by atoms with Gasteiger partial charge in [-0.25, -0.2) is 9.74 Å². The van der Waals surface area contributed by atoms with Crippen LogP contribution in [0.15, 0.2) is 10.8 Å². The molecule has 7 heteroatoms. The summed E-state index contributed by atoms with van der Waals surface area (Å²) in [5.74, 6) is -0.547. The lowest BCUT2D eigenvalue weighted by molar-refractivity contribution is -0.424. The van der Waals surface area contributed by atoms with Crippen molar-refractivity contribution in [3.63, 3.8) is 0 Å². The number of hydroxylamine groups is 2. The van der Waals surface area contributed by atoms with Gasteiger partial charge in [0.25, 0.3) is 11.8 Å². The van der Waals surface area contributed by atoms with Gasteiger partial charge in [0.1, 0.15) is 0 Å². The summed E-state index contributed by atoms with van der Waals surface area (Å²) >= 11 is 1.36. The van der Waals surface area contributed by atoms with Crippen molar-refractivity contribution in [1.29, 1.82) is 0 Å². The van der Waals surface area contributed by atoms with E-state index in [-0.39, 0.29) is 11.8 Å². The number of rotatable bonds is 3. The standard InChI is InChI=1S/C12H14N2O4S/c1-2-4-13-17-5-3-10(18-13)14-11(15)8-6-19-7-9(8)12(14)16/h6-7,10H,2-5H2,1H3. The third kappa shape index (κ3) is 2.08. The van der Waals surface area contributed by atoms with Crippen LogP contribution < -0.4 is 0 Å². The van der Waals surface area contributed by atoms with Gasteiger partial charge in [-0.05, 0) is 6.42 Å². The molecule has 3 heterocycles. The van der Waals surface area contributed by atoms with Gasteiger partial charge in [-0.3, -0.25) is 14.4 Å². The Morgan fingerprint density at radius 3 is 2.63 bits per heavy atom. The summed E-state index contributed by atoms with van der Waals surface area (Å²) in [6, 6.07) is 0. The Kier molecular flexibility index (Phi) is 3.36. The molecule has 1 saturated heterocycles. The highest BCUT2D eigenvalue weighted by Gasteiger charge is 2.43. The quantitative estimate of drug-likeness (QED) is 0.789. The van der Waals surface area contributed by atoms with Crippen LogP contribution in [0.4, 0.5) is 0 Å². The first-order valence-electron chi connectivity index (χ1n) is 6.23. The van der Waals surface area contributed by atoms with Gasteiger partial charge < -0.3 is 0 Å². The van der Waals surface area contributed by atoms with E-state index in [1.54, 1.807) is 10.8 Å². The number of imide groups is 1. The van der Waals surface area contributed by atoms with E-state index in [4.69, 9.17) is 9.68 Å². The average molecular weight is 282 g/mol. The summed E-state index contributed by atoms with van der Waals surface area (Å²) in [6.45, 7) is 3.04. The Bertz CT molecular complexity index is 483. The highest BCUT2D eigenvalue weighted by molar-refractivity contribution is 7.08. The van der Waals surface area contributed by atoms with Crippen LogP contribution in [0.25, 0.3) is 0 Å². The van der Waals surface area contributed by atoms with Crippen molar-refractivity contribution in [3.8, 4) is 0 Å². The summed E-state index contributed by atoms with van der Waals surface area (Å²) in [6.07, 6.45) is 0.783. The van der Waals surface area contributed by atoms with Crippen molar-refractivity contribution in [2.45, 2.75) is 26.0 Å². The Morgan fingerprint density at radius 2 is 2.00 bits per heavy atom. The molecule has 2 aliphatic heterocycles. The summed E-state index contributed by atoms with van der Waals surface area (Å²) in [4.78, 5) is 36.5. The third-order valence-electron chi connectivity index (χ3n) is 3.09. The van der Waals surface area contributed by atoms with Gasteiger partial charge in [0.15, 0.2) is 6.23 Å². The first-order valence-corrected chi connectivity index (χ1v) is 7.18. The number of nitrogens with zero attached hydrogens (tertiary/aromatic N) is 2. The Balaban J connectivity index is 1.78.